The fraction of sp³-hybridized carbons (Fsp3) is 0.0204. The van der Waals surface area contributed by atoms with Gasteiger partial charge < -0.3 is 13.6 Å². The van der Waals surface area contributed by atoms with E-state index >= 15 is 0 Å². The molecule has 244 valence electrons. The minimum absolute atomic E-state index is 0.909. The van der Waals surface area contributed by atoms with Crippen LogP contribution < -0.4 is 0 Å². The zero-order valence-electron chi connectivity index (χ0n) is 28.5. The average molecular weight is 665 g/mol. The maximum Gasteiger partial charge on any atom is 0.143 e. The summed E-state index contributed by atoms with van der Waals surface area (Å²) in [7, 11) is 0. The molecule has 3 heterocycles. The third-order valence-corrected chi connectivity index (χ3v) is 10.8. The summed E-state index contributed by atoms with van der Waals surface area (Å²) < 4.78 is 11.4. The van der Waals surface area contributed by atoms with Crippen LogP contribution in [0.4, 0.5) is 0 Å². The Morgan fingerprint density at radius 2 is 0.923 bits per heavy atom. The van der Waals surface area contributed by atoms with Gasteiger partial charge in [-0.25, -0.2) is 0 Å². The summed E-state index contributed by atoms with van der Waals surface area (Å²) in [5, 5.41) is 7.25. The summed E-state index contributed by atoms with van der Waals surface area (Å²) in [4.78, 5) is 0. The van der Waals surface area contributed by atoms with Gasteiger partial charge in [-0.2, -0.15) is 0 Å². The minimum atomic E-state index is 0.909. The standard InChI is InChI=1S/C49H32N2O/c1-31-13-11-19-38(40-21-12-20-39-37-18-7-10-24-47(37)52-49(39)40)48(31)51-44-23-9-6-17-36(44)42-30-33(26-28-46(42)51)32-25-27-45-41(29-32)35-16-5-8-22-43(35)50(45)34-14-3-2-4-15-34/h2-30H,1H3. The smallest absolute Gasteiger partial charge is 0.143 e. The van der Waals surface area contributed by atoms with Gasteiger partial charge in [-0.1, -0.05) is 121 Å². The fourth-order valence-electron chi connectivity index (χ4n) is 8.53. The van der Waals surface area contributed by atoms with Crippen LogP contribution in [0.5, 0.6) is 0 Å². The van der Waals surface area contributed by atoms with Crippen molar-refractivity contribution in [1.29, 1.82) is 0 Å². The first-order valence-electron chi connectivity index (χ1n) is 17.9. The average Bonchev–Trinajstić information content (AvgIpc) is 3.85. The third kappa shape index (κ3) is 4.14. The number of fused-ring (bicyclic) bond motifs is 9. The zero-order valence-corrected chi connectivity index (χ0v) is 28.5. The molecule has 0 spiro atoms. The van der Waals surface area contributed by atoms with E-state index in [2.05, 4.69) is 186 Å². The maximum atomic E-state index is 6.56. The number of para-hydroxylation sites is 6. The highest BCUT2D eigenvalue weighted by molar-refractivity contribution is 6.14. The largest absolute Gasteiger partial charge is 0.455 e. The van der Waals surface area contributed by atoms with Gasteiger partial charge in [-0.05, 0) is 78.2 Å². The topological polar surface area (TPSA) is 23.0 Å². The lowest BCUT2D eigenvalue weighted by Crippen LogP contribution is -2.00. The van der Waals surface area contributed by atoms with Crippen LogP contribution in [0.15, 0.2) is 180 Å². The molecular weight excluding hydrogens is 633 g/mol. The van der Waals surface area contributed by atoms with E-state index in [1.165, 1.54) is 71.7 Å². The van der Waals surface area contributed by atoms with E-state index in [9.17, 15) is 0 Å². The van der Waals surface area contributed by atoms with Gasteiger partial charge in [-0.15, -0.1) is 0 Å². The monoisotopic (exact) mass is 664 g/mol. The second-order valence-corrected chi connectivity index (χ2v) is 13.8. The van der Waals surface area contributed by atoms with Crippen molar-refractivity contribution < 1.29 is 4.42 Å². The number of furan rings is 1. The molecule has 0 aliphatic carbocycles. The highest BCUT2D eigenvalue weighted by Crippen LogP contribution is 2.43. The quantitative estimate of drug-likeness (QED) is 0.184. The van der Waals surface area contributed by atoms with Crippen LogP contribution in [-0.4, -0.2) is 9.13 Å². The van der Waals surface area contributed by atoms with Crippen LogP contribution >= 0.6 is 0 Å². The van der Waals surface area contributed by atoms with Crippen molar-refractivity contribution in [2.45, 2.75) is 6.92 Å². The molecule has 0 amide bonds. The van der Waals surface area contributed by atoms with E-state index in [-0.39, 0.29) is 0 Å². The van der Waals surface area contributed by atoms with Gasteiger partial charge >= 0.3 is 0 Å². The number of rotatable bonds is 4. The first-order valence-corrected chi connectivity index (χ1v) is 17.9. The number of hydrogen-bond acceptors (Lipinski definition) is 1. The van der Waals surface area contributed by atoms with Gasteiger partial charge in [0.2, 0.25) is 0 Å². The molecule has 0 N–H and O–H groups in total. The van der Waals surface area contributed by atoms with Crippen LogP contribution in [0.3, 0.4) is 0 Å². The van der Waals surface area contributed by atoms with Crippen LogP contribution in [0.1, 0.15) is 5.56 Å². The lowest BCUT2D eigenvalue weighted by Gasteiger charge is -2.17. The fourth-order valence-corrected chi connectivity index (χ4v) is 8.53. The lowest BCUT2D eigenvalue weighted by atomic mass is 9.98. The van der Waals surface area contributed by atoms with Crippen LogP contribution in [0, 0.1) is 6.92 Å². The Labute approximate surface area is 300 Å². The normalized spacial score (nSPS) is 11.9. The number of aryl methyl sites for hydroxylation is 1. The summed E-state index contributed by atoms with van der Waals surface area (Å²) in [6.45, 7) is 2.22. The molecule has 11 rings (SSSR count). The number of aromatic nitrogens is 2. The summed E-state index contributed by atoms with van der Waals surface area (Å²) in [5.41, 5.74) is 14.8. The van der Waals surface area contributed by atoms with Crippen molar-refractivity contribution in [2.24, 2.45) is 0 Å². The van der Waals surface area contributed by atoms with Crippen molar-refractivity contribution in [3.8, 4) is 33.6 Å². The molecule has 0 fully saturated rings. The molecule has 0 bridgehead atoms. The highest BCUT2D eigenvalue weighted by atomic mass is 16.3. The predicted molar refractivity (Wildman–Crippen MR) is 218 cm³/mol. The Kier molecular flexibility index (Phi) is 6.17. The summed E-state index contributed by atoms with van der Waals surface area (Å²) >= 11 is 0. The number of benzene rings is 8. The molecule has 0 aliphatic heterocycles. The van der Waals surface area contributed by atoms with E-state index in [4.69, 9.17) is 4.42 Å². The van der Waals surface area contributed by atoms with Crippen LogP contribution in [0.2, 0.25) is 0 Å². The molecule has 0 atom stereocenters. The Hall–Kier alpha value is -6.84. The molecule has 11 aromatic rings. The third-order valence-electron chi connectivity index (χ3n) is 10.8. The molecule has 52 heavy (non-hydrogen) atoms. The molecule has 3 nitrogen and oxygen atoms in total. The summed E-state index contributed by atoms with van der Waals surface area (Å²) in [6, 6.07) is 63.5. The maximum absolute atomic E-state index is 6.56. The molecule has 8 aromatic carbocycles. The van der Waals surface area contributed by atoms with Gasteiger partial charge in [0.25, 0.3) is 0 Å². The van der Waals surface area contributed by atoms with Gasteiger partial charge in [0.15, 0.2) is 0 Å². The van der Waals surface area contributed by atoms with Crippen molar-refractivity contribution in [2.75, 3.05) is 0 Å². The molecule has 0 unspecified atom stereocenters. The first kappa shape index (κ1) is 28.9. The van der Waals surface area contributed by atoms with E-state index in [1.54, 1.807) is 0 Å². The molecule has 3 aromatic heterocycles. The van der Waals surface area contributed by atoms with E-state index in [0.29, 0.717) is 0 Å². The summed E-state index contributed by atoms with van der Waals surface area (Å²) in [5.74, 6) is 0. The predicted octanol–water partition coefficient (Wildman–Crippen LogP) is 13.4. The minimum Gasteiger partial charge on any atom is -0.455 e. The highest BCUT2D eigenvalue weighted by Gasteiger charge is 2.21. The van der Waals surface area contributed by atoms with Gasteiger partial charge in [0.1, 0.15) is 11.2 Å². The van der Waals surface area contributed by atoms with E-state index in [0.717, 1.165) is 33.1 Å². The molecule has 0 radical (unpaired) electrons. The van der Waals surface area contributed by atoms with E-state index < -0.39 is 0 Å². The molecular formula is C49H32N2O. The Morgan fingerprint density at radius 1 is 0.385 bits per heavy atom. The van der Waals surface area contributed by atoms with Crippen molar-refractivity contribution in [3.05, 3.63) is 181 Å². The molecule has 0 aliphatic rings. The molecule has 0 saturated carbocycles. The SMILES string of the molecule is Cc1cccc(-c2cccc3c2oc2ccccc23)c1-n1c2ccccc2c2cc(-c3ccc4c(c3)c3ccccc3n4-c3ccccc3)ccc21. The van der Waals surface area contributed by atoms with Crippen molar-refractivity contribution in [1.82, 2.24) is 9.13 Å². The molecule has 0 saturated heterocycles. The number of nitrogens with zero attached hydrogens (tertiary/aromatic N) is 2. The first-order chi connectivity index (χ1) is 25.7. The molecule has 3 heteroatoms. The second-order valence-electron chi connectivity index (χ2n) is 13.8. The Balaban J connectivity index is 1.13. The van der Waals surface area contributed by atoms with Crippen LogP contribution in [0.25, 0.3) is 99.2 Å². The van der Waals surface area contributed by atoms with Gasteiger partial charge in [0.05, 0.1) is 27.8 Å². The second kappa shape index (κ2) is 11.1. The van der Waals surface area contributed by atoms with Gasteiger partial charge in [-0.3, -0.25) is 0 Å². The van der Waals surface area contributed by atoms with Crippen molar-refractivity contribution >= 4 is 65.6 Å². The Morgan fingerprint density at radius 3 is 1.65 bits per heavy atom. The van der Waals surface area contributed by atoms with Crippen LogP contribution in [-0.2, 0) is 0 Å². The lowest BCUT2D eigenvalue weighted by molar-refractivity contribution is 0.670. The van der Waals surface area contributed by atoms with Gasteiger partial charge in [0, 0.05) is 49.1 Å². The number of hydrogen-bond donors (Lipinski definition) is 0. The Bertz CT molecular complexity index is 3190. The zero-order chi connectivity index (χ0) is 34.3. The summed E-state index contributed by atoms with van der Waals surface area (Å²) in [6.07, 6.45) is 0. The van der Waals surface area contributed by atoms with E-state index in [1.807, 2.05) is 6.07 Å². The van der Waals surface area contributed by atoms with Crippen molar-refractivity contribution in [3.63, 3.8) is 0 Å².